The van der Waals surface area contributed by atoms with Crippen LogP contribution in [0.2, 0.25) is 0 Å². The van der Waals surface area contributed by atoms with E-state index in [1.54, 1.807) is 0 Å². The van der Waals surface area contributed by atoms with Crippen molar-refractivity contribution in [1.82, 2.24) is 21.3 Å². The number of amides is 5. The minimum absolute atomic E-state index is 0.172. The molecule has 3 atom stereocenters. The highest BCUT2D eigenvalue weighted by Crippen LogP contribution is 2.03. The summed E-state index contributed by atoms with van der Waals surface area (Å²) >= 11 is 0. The van der Waals surface area contributed by atoms with Crippen LogP contribution in [0.15, 0.2) is 0 Å². The summed E-state index contributed by atoms with van der Waals surface area (Å²) in [5.74, 6) is -2.77. The Morgan fingerprint density at radius 3 is 1.96 bits per heavy atom. The van der Waals surface area contributed by atoms with Crippen LogP contribution in [0.1, 0.15) is 40.0 Å². The van der Waals surface area contributed by atoms with E-state index in [4.69, 9.17) is 5.73 Å². The number of primary amides is 1. The standard InChI is InChI=1S/C16H29N5O6/c1-9(14(17)25)19-15(26)12(6-4-5-7-18-10(2)23)21-16(27)13(8-22)20-11(3)24/h9,12-13,22H,4-8H2,1-3H3,(H2,17,25)(H,18,23)(H,19,26)(H,20,24)(H,21,27)/t9-,12-,13+/m0/s1. The van der Waals surface area contributed by atoms with Gasteiger partial charge in [0.1, 0.15) is 18.1 Å². The van der Waals surface area contributed by atoms with E-state index in [1.807, 2.05) is 0 Å². The molecule has 27 heavy (non-hydrogen) atoms. The Morgan fingerprint density at radius 1 is 0.889 bits per heavy atom. The fourth-order valence-corrected chi connectivity index (χ4v) is 2.10. The maximum absolute atomic E-state index is 12.3. The molecule has 0 saturated carbocycles. The van der Waals surface area contributed by atoms with Crippen LogP contribution in [0.3, 0.4) is 0 Å². The lowest BCUT2D eigenvalue weighted by Crippen LogP contribution is -2.56. The molecule has 5 amide bonds. The molecule has 0 aliphatic carbocycles. The van der Waals surface area contributed by atoms with Crippen molar-refractivity contribution in [1.29, 1.82) is 0 Å². The largest absolute Gasteiger partial charge is 0.394 e. The molecule has 0 spiro atoms. The van der Waals surface area contributed by atoms with E-state index in [2.05, 4.69) is 21.3 Å². The van der Waals surface area contributed by atoms with Crippen molar-refractivity contribution in [3.05, 3.63) is 0 Å². The van der Waals surface area contributed by atoms with Crippen LogP contribution in [0.4, 0.5) is 0 Å². The van der Waals surface area contributed by atoms with Crippen LogP contribution in [-0.2, 0) is 24.0 Å². The summed E-state index contributed by atoms with van der Waals surface area (Å²) in [6.45, 7) is 3.76. The molecule has 0 radical (unpaired) electrons. The van der Waals surface area contributed by atoms with Crippen LogP contribution in [0, 0.1) is 0 Å². The van der Waals surface area contributed by atoms with Gasteiger partial charge in [0.15, 0.2) is 0 Å². The molecule has 0 bridgehead atoms. The number of aliphatic hydroxyl groups excluding tert-OH is 1. The number of rotatable bonds is 12. The lowest BCUT2D eigenvalue weighted by molar-refractivity contribution is -0.133. The maximum Gasteiger partial charge on any atom is 0.245 e. The molecule has 0 aliphatic rings. The third kappa shape index (κ3) is 10.8. The summed E-state index contributed by atoms with van der Waals surface area (Å²) in [6.07, 6.45) is 1.29. The summed E-state index contributed by atoms with van der Waals surface area (Å²) in [6, 6.07) is -3.13. The van der Waals surface area contributed by atoms with E-state index >= 15 is 0 Å². The lowest BCUT2D eigenvalue weighted by Gasteiger charge is -2.23. The van der Waals surface area contributed by atoms with E-state index in [0.717, 1.165) is 0 Å². The van der Waals surface area contributed by atoms with Crippen LogP contribution in [-0.4, -0.2) is 65.9 Å². The maximum atomic E-state index is 12.3. The SMILES string of the molecule is CC(=O)NCCCC[C@H](NC(=O)[C@@H](CO)NC(C)=O)C(=O)N[C@@H](C)C(N)=O. The second kappa shape index (κ2) is 12.6. The highest BCUT2D eigenvalue weighted by Gasteiger charge is 2.27. The molecule has 0 aromatic rings. The van der Waals surface area contributed by atoms with Gasteiger partial charge in [0.05, 0.1) is 6.61 Å². The quantitative estimate of drug-likeness (QED) is 0.198. The molecule has 7 N–H and O–H groups in total. The number of aliphatic hydroxyl groups is 1. The highest BCUT2D eigenvalue weighted by molar-refractivity contribution is 5.93. The van der Waals surface area contributed by atoms with Gasteiger partial charge in [-0.2, -0.15) is 0 Å². The summed E-state index contributed by atoms with van der Waals surface area (Å²) in [5, 5.41) is 19.0. The smallest absolute Gasteiger partial charge is 0.245 e. The van der Waals surface area contributed by atoms with Crippen LogP contribution in [0.5, 0.6) is 0 Å². The second-order valence-corrected chi connectivity index (χ2v) is 6.11. The third-order valence-electron chi connectivity index (χ3n) is 3.59. The van der Waals surface area contributed by atoms with Crippen molar-refractivity contribution in [3.63, 3.8) is 0 Å². The van der Waals surface area contributed by atoms with Crippen molar-refractivity contribution < 1.29 is 29.1 Å². The number of hydrogen-bond donors (Lipinski definition) is 6. The fourth-order valence-electron chi connectivity index (χ4n) is 2.10. The zero-order valence-electron chi connectivity index (χ0n) is 15.8. The predicted molar refractivity (Wildman–Crippen MR) is 96.0 cm³/mol. The number of carbonyl (C=O) groups is 5. The average Bonchev–Trinajstić information content (AvgIpc) is 2.57. The van der Waals surface area contributed by atoms with E-state index in [9.17, 15) is 29.1 Å². The number of carbonyl (C=O) groups excluding carboxylic acids is 5. The zero-order chi connectivity index (χ0) is 21.0. The fraction of sp³-hybridized carbons (Fsp3) is 0.688. The molecule has 11 nitrogen and oxygen atoms in total. The van der Waals surface area contributed by atoms with Gasteiger partial charge in [-0.1, -0.05) is 0 Å². The lowest BCUT2D eigenvalue weighted by atomic mass is 10.1. The van der Waals surface area contributed by atoms with E-state index in [0.29, 0.717) is 19.4 Å². The average molecular weight is 387 g/mol. The topological polar surface area (TPSA) is 180 Å². The molecule has 0 rings (SSSR count). The van der Waals surface area contributed by atoms with Crippen molar-refractivity contribution in [3.8, 4) is 0 Å². The zero-order valence-corrected chi connectivity index (χ0v) is 15.8. The normalized spacial score (nSPS) is 13.6. The Kier molecular flexibility index (Phi) is 11.4. The highest BCUT2D eigenvalue weighted by atomic mass is 16.3. The second-order valence-electron chi connectivity index (χ2n) is 6.11. The third-order valence-corrected chi connectivity index (χ3v) is 3.59. The first-order chi connectivity index (χ1) is 12.6. The molecule has 154 valence electrons. The molecule has 0 aromatic carbocycles. The Hall–Kier alpha value is -2.69. The molecule has 0 aliphatic heterocycles. The molecule has 0 aromatic heterocycles. The number of hydrogen-bond acceptors (Lipinski definition) is 6. The number of nitrogens with one attached hydrogen (secondary N) is 4. The van der Waals surface area contributed by atoms with Crippen LogP contribution >= 0.6 is 0 Å². The van der Waals surface area contributed by atoms with Crippen LogP contribution in [0.25, 0.3) is 0 Å². The van der Waals surface area contributed by atoms with Gasteiger partial charge in [-0.15, -0.1) is 0 Å². The van der Waals surface area contributed by atoms with Gasteiger partial charge in [0, 0.05) is 20.4 Å². The Balaban J connectivity index is 4.90. The minimum Gasteiger partial charge on any atom is -0.394 e. The number of unbranched alkanes of at least 4 members (excludes halogenated alkanes) is 1. The van der Waals surface area contributed by atoms with Gasteiger partial charge in [0.25, 0.3) is 0 Å². The van der Waals surface area contributed by atoms with Gasteiger partial charge in [0.2, 0.25) is 29.5 Å². The molecule has 0 fully saturated rings. The van der Waals surface area contributed by atoms with E-state index < -0.39 is 48.4 Å². The Bertz CT molecular complexity index is 553. The minimum atomic E-state index is -1.20. The van der Waals surface area contributed by atoms with Gasteiger partial charge in [-0.05, 0) is 26.2 Å². The van der Waals surface area contributed by atoms with Gasteiger partial charge in [-0.25, -0.2) is 0 Å². The first-order valence-corrected chi connectivity index (χ1v) is 8.60. The predicted octanol–water partition coefficient (Wildman–Crippen LogP) is -2.74. The Morgan fingerprint density at radius 2 is 1.48 bits per heavy atom. The molecular formula is C16H29N5O6. The molecule has 0 saturated heterocycles. The van der Waals surface area contributed by atoms with Gasteiger partial charge >= 0.3 is 0 Å². The number of nitrogens with two attached hydrogens (primary N) is 1. The summed E-state index contributed by atoms with van der Waals surface area (Å²) in [5.41, 5.74) is 5.12. The van der Waals surface area contributed by atoms with Gasteiger partial charge < -0.3 is 32.1 Å². The first-order valence-electron chi connectivity index (χ1n) is 8.60. The first kappa shape index (κ1) is 24.3. The van der Waals surface area contributed by atoms with Crippen molar-refractivity contribution >= 4 is 29.5 Å². The molecule has 0 unspecified atom stereocenters. The summed E-state index contributed by atoms with van der Waals surface area (Å²) in [7, 11) is 0. The molecule has 0 heterocycles. The molecule has 11 heteroatoms. The van der Waals surface area contributed by atoms with Crippen molar-refractivity contribution in [2.75, 3.05) is 13.2 Å². The monoisotopic (exact) mass is 387 g/mol. The van der Waals surface area contributed by atoms with Crippen molar-refractivity contribution in [2.24, 2.45) is 5.73 Å². The van der Waals surface area contributed by atoms with Gasteiger partial charge in [-0.3, -0.25) is 24.0 Å². The van der Waals surface area contributed by atoms with Crippen molar-refractivity contribution in [2.45, 2.75) is 58.2 Å². The van der Waals surface area contributed by atoms with E-state index in [1.165, 1.54) is 20.8 Å². The summed E-state index contributed by atoms with van der Waals surface area (Å²) < 4.78 is 0. The van der Waals surface area contributed by atoms with Crippen LogP contribution < -0.4 is 27.0 Å². The summed E-state index contributed by atoms with van der Waals surface area (Å²) in [4.78, 5) is 57.6. The molecular weight excluding hydrogens is 358 g/mol. The Labute approximate surface area is 157 Å². The van der Waals surface area contributed by atoms with E-state index in [-0.39, 0.29) is 12.3 Å².